The van der Waals surface area contributed by atoms with Crippen molar-refractivity contribution in [2.24, 2.45) is 0 Å². The van der Waals surface area contributed by atoms with Crippen LogP contribution in [0.15, 0.2) is 78.9 Å². The Morgan fingerprint density at radius 2 is 1.73 bits per heavy atom. The van der Waals surface area contributed by atoms with Crippen LogP contribution in [-0.4, -0.2) is 36.7 Å². The summed E-state index contributed by atoms with van der Waals surface area (Å²) in [5, 5.41) is 12.2. The minimum absolute atomic E-state index is 0.0985. The number of amides is 1. The van der Waals surface area contributed by atoms with E-state index < -0.39 is 5.97 Å². The summed E-state index contributed by atoms with van der Waals surface area (Å²) in [6, 6.07) is 23.6. The van der Waals surface area contributed by atoms with Crippen LogP contribution in [0.25, 0.3) is 6.08 Å². The number of para-hydroxylation sites is 1. The van der Waals surface area contributed by atoms with Crippen molar-refractivity contribution < 1.29 is 19.4 Å². The number of benzene rings is 3. The van der Waals surface area contributed by atoms with E-state index in [2.05, 4.69) is 40.5 Å². The summed E-state index contributed by atoms with van der Waals surface area (Å²) in [5.41, 5.74) is 4.75. The number of carbonyl (C=O) groups is 2. The van der Waals surface area contributed by atoms with Crippen molar-refractivity contribution in [3.63, 3.8) is 0 Å². The zero-order valence-corrected chi connectivity index (χ0v) is 21.2. The molecule has 192 valence electrons. The number of anilines is 1. The van der Waals surface area contributed by atoms with Gasteiger partial charge in [-0.2, -0.15) is 0 Å². The van der Waals surface area contributed by atoms with Crippen molar-refractivity contribution >= 4 is 23.6 Å². The topological polar surface area (TPSA) is 78.9 Å². The van der Waals surface area contributed by atoms with Crippen LogP contribution in [0.2, 0.25) is 0 Å². The van der Waals surface area contributed by atoms with Crippen LogP contribution >= 0.6 is 0 Å². The number of carboxylic acid groups (broad SMARTS) is 1. The maximum Gasteiger partial charge on any atom is 0.328 e. The number of rotatable bonds is 10. The highest BCUT2D eigenvalue weighted by Crippen LogP contribution is 2.32. The molecule has 6 heteroatoms. The molecule has 2 N–H and O–H groups in total. The van der Waals surface area contributed by atoms with Crippen LogP contribution in [0.4, 0.5) is 5.69 Å². The van der Waals surface area contributed by atoms with Crippen LogP contribution in [0, 0.1) is 0 Å². The number of ether oxygens (including phenoxy) is 1. The molecular formula is C31H34N2O4. The average Bonchev–Trinajstić information content (AvgIpc) is 2.92. The molecule has 0 saturated carbocycles. The van der Waals surface area contributed by atoms with Crippen molar-refractivity contribution in [1.82, 2.24) is 5.32 Å². The van der Waals surface area contributed by atoms with E-state index in [0.717, 1.165) is 35.9 Å². The van der Waals surface area contributed by atoms with E-state index in [1.165, 1.54) is 31.0 Å². The van der Waals surface area contributed by atoms with E-state index in [-0.39, 0.29) is 18.4 Å². The van der Waals surface area contributed by atoms with Crippen LogP contribution in [0.3, 0.4) is 0 Å². The first-order valence-electron chi connectivity index (χ1n) is 12.9. The van der Waals surface area contributed by atoms with Crippen LogP contribution in [-0.2, 0) is 16.0 Å². The van der Waals surface area contributed by atoms with E-state index in [4.69, 9.17) is 9.84 Å². The zero-order valence-electron chi connectivity index (χ0n) is 21.2. The number of aliphatic carboxylic acids is 1. The summed E-state index contributed by atoms with van der Waals surface area (Å²) >= 11 is 0. The Balaban J connectivity index is 1.59. The van der Waals surface area contributed by atoms with Gasteiger partial charge in [0, 0.05) is 36.0 Å². The highest BCUT2D eigenvalue weighted by Gasteiger charge is 2.23. The molecule has 3 aromatic rings. The van der Waals surface area contributed by atoms with Crippen molar-refractivity contribution in [3.05, 3.63) is 101 Å². The van der Waals surface area contributed by atoms with Gasteiger partial charge in [-0.3, -0.25) is 4.79 Å². The zero-order chi connectivity index (χ0) is 26.0. The molecule has 1 fully saturated rings. The number of nitrogens with one attached hydrogen (secondary N) is 1. The highest BCUT2D eigenvalue weighted by atomic mass is 16.5. The van der Waals surface area contributed by atoms with Gasteiger partial charge in [-0.25, -0.2) is 4.79 Å². The van der Waals surface area contributed by atoms with Crippen LogP contribution in [0.1, 0.15) is 54.5 Å². The van der Waals surface area contributed by atoms with Crippen LogP contribution < -0.4 is 15.0 Å². The predicted octanol–water partition coefficient (Wildman–Crippen LogP) is 5.62. The predicted molar refractivity (Wildman–Crippen MR) is 147 cm³/mol. The summed E-state index contributed by atoms with van der Waals surface area (Å²) in [6.45, 7) is 4.35. The smallest absolute Gasteiger partial charge is 0.328 e. The lowest BCUT2D eigenvalue weighted by molar-refractivity contribution is -0.131. The third-order valence-electron chi connectivity index (χ3n) is 6.53. The second kappa shape index (κ2) is 12.8. The van der Waals surface area contributed by atoms with E-state index in [1.807, 2.05) is 43.3 Å². The highest BCUT2D eigenvalue weighted by molar-refractivity contribution is 5.86. The summed E-state index contributed by atoms with van der Waals surface area (Å²) in [5.74, 6) is -0.568. The molecule has 1 heterocycles. The quantitative estimate of drug-likeness (QED) is 0.355. The van der Waals surface area contributed by atoms with Crippen molar-refractivity contribution in [2.45, 2.75) is 38.6 Å². The molecule has 1 saturated heterocycles. The third kappa shape index (κ3) is 7.00. The molecule has 4 rings (SSSR count). The van der Waals surface area contributed by atoms with Gasteiger partial charge in [-0.15, -0.1) is 0 Å². The molecular weight excluding hydrogens is 464 g/mol. The Morgan fingerprint density at radius 3 is 2.46 bits per heavy atom. The normalized spacial score (nSPS) is 14.4. The maximum absolute atomic E-state index is 13.4. The molecule has 0 bridgehead atoms. The average molecular weight is 499 g/mol. The third-order valence-corrected chi connectivity index (χ3v) is 6.53. The number of nitrogens with zero attached hydrogens (tertiary/aromatic N) is 1. The molecule has 6 nitrogen and oxygen atoms in total. The van der Waals surface area contributed by atoms with Crippen molar-refractivity contribution in [2.75, 3.05) is 24.6 Å². The number of piperidine rings is 1. The second-order valence-electron chi connectivity index (χ2n) is 9.17. The van der Waals surface area contributed by atoms with E-state index >= 15 is 0 Å². The lowest BCUT2D eigenvalue weighted by Gasteiger charge is -2.33. The standard InChI is InChI=1S/C31H34N2O4/c1-2-37-28-21-23(15-16-24(28)17-18-30(35)36)22-29(34)32-31(25-11-5-3-6-12-25)26-13-7-8-14-27(26)33-19-9-4-10-20-33/h3,5-8,11-18,21,31H,2,4,9-10,19-20,22H2,1H3,(H,32,34)(H,35,36)/b18-17+. The van der Waals surface area contributed by atoms with Gasteiger partial charge in [0.2, 0.25) is 5.91 Å². The van der Waals surface area contributed by atoms with Gasteiger partial charge in [0.25, 0.3) is 0 Å². The molecule has 0 aliphatic carbocycles. The summed E-state index contributed by atoms with van der Waals surface area (Å²) < 4.78 is 5.71. The van der Waals surface area contributed by atoms with Crippen LogP contribution in [0.5, 0.6) is 5.75 Å². The van der Waals surface area contributed by atoms with Gasteiger partial charge in [-0.1, -0.05) is 60.7 Å². The number of carbonyl (C=O) groups excluding carboxylic acids is 1. The molecule has 1 unspecified atom stereocenters. The number of hydrogen-bond acceptors (Lipinski definition) is 4. The van der Waals surface area contributed by atoms with Gasteiger partial charge in [0.15, 0.2) is 0 Å². The van der Waals surface area contributed by atoms with Crippen molar-refractivity contribution in [1.29, 1.82) is 0 Å². The van der Waals surface area contributed by atoms with E-state index in [0.29, 0.717) is 17.9 Å². The second-order valence-corrected chi connectivity index (χ2v) is 9.17. The molecule has 1 atom stereocenters. The minimum Gasteiger partial charge on any atom is -0.493 e. The summed E-state index contributed by atoms with van der Waals surface area (Å²) in [6.07, 6.45) is 6.37. The molecule has 0 aromatic heterocycles. The Labute approximate surface area is 218 Å². The fourth-order valence-corrected chi connectivity index (χ4v) is 4.81. The number of hydrogen-bond donors (Lipinski definition) is 2. The molecule has 1 aliphatic heterocycles. The number of carboxylic acids is 1. The van der Waals surface area contributed by atoms with Gasteiger partial charge >= 0.3 is 5.97 Å². The summed E-state index contributed by atoms with van der Waals surface area (Å²) in [4.78, 5) is 26.7. The van der Waals surface area contributed by atoms with Gasteiger partial charge < -0.3 is 20.1 Å². The fraction of sp³-hybridized carbons (Fsp3) is 0.290. The van der Waals surface area contributed by atoms with E-state index in [1.54, 1.807) is 6.07 Å². The SMILES string of the molecule is CCOc1cc(CC(=O)NC(c2ccccc2)c2ccccc2N2CCCCC2)ccc1/C=C/C(=O)O. The summed E-state index contributed by atoms with van der Waals surface area (Å²) in [7, 11) is 0. The Kier molecular flexibility index (Phi) is 8.98. The van der Waals surface area contributed by atoms with Gasteiger partial charge in [0.1, 0.15) is 5.75 Å². The molecule has 3 aromatic carbocycles. The molecule has 1 aliphatic rings. The lowest BCUT2D eigenvalue weighted by Crippen LogP contribution is -2.34. The monoisotopic (exact) mass is 498 g/mol. The first kappa shape index (κ1) is 26.0. The first-order valence-corrected chi connectivity index (χ1v) is 12.9. The van der Waals surface area contributed by atoms with E-state index in [9.17, 15) is 9.59 Å². The van der Waals surface area contributed by atoms with Gasteiger partial charge in [0.05, 0.1) is 19.1 Å². The Bertz CT molecular complexity index is 1230. The molecule has 0 spiro atoms. The minimum atomic E-state index is -1.03. The Morgan fingerprint density at radius 1 is 1.00 bits per heavy atom. The van der Waals surface area contributed by atoms with Gasteiger partial charge in [-0.05, 0) is 55.5 Å². The maximum atomic E-state index is 13.4. The molecule has 1 amide bonds. The lowest BCUT2D eigenvalue weighted by atomic mass is 9.95. The molecule has 0 radical (unpaired) electrons. The largest absolute Gasteiger partial charge is 0.493 e. The fourth-order valence-electron chi connectivity index (χ4n) is 4.81. The first-order chi connectivity index (χ1) is 18.0. The Hall–Kier alpha value is -4.06. The van der Waals surface area contributed by atoms with Crippen molar-refractivity contribution in [3.8, 4) is 5.75 Å². The molecule has 37 heavy (non-hydrogen) atoms.